The third kappa shape index (κ3) is 3.60. The van der Waals surface area contributed by atoms with Crippen LogP contribution in [0.2, 0.25) is 0 Å². The van der Waals surface area contributed by atoms with Gasteiger partial charge in [-0.05, 0) is 25.8 Å². The molecule has 5 heterocycles. The molecule has 0 aromatic carbocycles. The topological polar surface area (TPSA) is 93.2 Å². The van der Waals surface area contributed by atoms with Crippen molar-refractivity contribution < 1.29 is 13.6 Å². The van der Waals surface area contributed by atoms with Crippen LogP contribution in [0.1, 0.15) is 42.4 Å². The number of hydrogen-bond acceptors (Lipinski definition) is 7. The maximum atomic E-state index is 13.0. The van der Waals surface area contributed by atoms with E-state index < -0.39 is 12.3 Å². The molecule has 32 heavy (non-hydrogen) atoms. The quantitative estimate of drug-likeness (QED) is 0.490. The van der Waals surface area contributed by atoms with Gasteiger partial charge < -0.3 is 10.2 Å². The number of aryl methyl sites for hydroxylation is 1. The van der Waals surface area contributed by atoms with E-state index >= 15 is 0 Å². The number of rotatable bonds is 5. The predicted octanol–water partition coefficient (Wildman–Crippen LogP) is 3.76. The molecule has 12 heteroatoms. The van der Waals surface area contributed by atoms with Crippen LogP contribution in [-0.2, 0) is 7.05 Å². The fraction of sp³-hybridized carbons (Fsp3) is 0.350. The molecule has 9 nitrogen and oxygen atoms in total. The van der Waals surface area contributed by atoms with Crippen LogP contribution in [0.4, 0.5) is 20.4 Å². The minimum absolute atomic E-state index is 0.230. The van der Waals surface area contributed by atoms with E-state index in [1.807, 2.05) is 0 Å². The fourth-order valence-corrected chi connectivity index (χ4v) is 4.69. The Morgan fingerprint density at radius 3 is 2.91 bits per heavy atom. The minimum Gasteiger partial charge on any atom is -0.337 e. The number of anilines is 2. The highest BCUT2D eigenvalue weighted by Crippen LogP contribution is 2.31. The van der Waals surface area contributed by atoms with Crippen molar-refractivity contribution in [2.24, 2.45) is 7.05 Å². The molecule has 1 N–H and O–H groups in total. The van der Waals surface area contributed by atoms with Crippen LogP contribution in [0.15, 0.2) is 29.9 Å². The summed E-state index contributed by atoms with van der Waals surface area (Å²) < 4.78 is 28.9. The van der Waals surface area contributed by atoms with Crippen LogP contribution >= 0.6 is 11.3 Å². The summed E-state index contributed by atoms with van der Waals surface area (Å²) >= 11 is 1.05. The molecule has 1 unspecified atom stereocenters. The van der Waals surface area contributed by atoms with Gasteiger partial charge in [0, 0.05) is 43.0 Å². The molecule has 1 atom stereocenters. The Balaban J connectivity index is 1.41. The summed E-state index contributed by atoms with van der Waals surface area (Å²) in [5, 5.41) is 13.1. The van der Waals surface area contributed by atoms with Gasteiger partial charge in [-0.3, -0.25) is 9.48 Å². The molecule has 1 amide bonds. The number of pyridine rings is 1. The first-order chi connectivity index (χ1) is 15.4. The molecule has 5 rings (SSSR count). The molecule has 1 fully saturated rings. The van der Waals surface area contributed by atoms with Crippen LogP contribution in [0.3, 0.4) is 0 Å². The van der Waals surface area contributed by atoms with Gasteiger partial charge in [0.2, 0.25) is 5.95 Å². The van der Waals surface area contributed by atoms with Crippen molar-refractivity contribution >= 4 is 34.5 Å². The van der Waals surface area contributed by atoms with Crippen molar-refractivity contribution in [2.75, 3.05) is 16.8 Å². The Morgan fingerprint density at radius 2 is 2.19 bits per heavy atom. The summed E-state index contributed by atoms with van der Waals surface area (Å²) in [6.07, 6.45) is 2.75. The summed E-state index contributed by atoms with van der Waals surface area (Å²) in [4.78, 5) is 23.8. The molecule has 0 spiro atoms. The van der Waals surface area contributed by atoms with Gasteiger partial charge in [0.05, 0.1) is 11.8 Å². The van der Waals surface area contributed by atoms with E-state index in [1.54, 1.807) is 29.9 Å². The second kappa shape index (κ2) is 7.93. The zero-order valence-electron chi connectivity index (χ0n) is 17.4. The van der Waals surface area contributed by atoms with Crippen LogP contribution in [0, 0.1) is 0 Å². The maximum absolute atomic E-state index is 13.0. The number of carbonyl (C=O) groups is 1. The monoisotopic (exact) mass is 458 g/mol. The van der Waals surface area contributed by atoms with Gasteiger partial charge >= 0.3 is 0 Å². The number of halogens is 2. The Bertz CT molecular complexity index is 1300. The lowest BCUT2D eigenvalue weighted by molar-refractivity contribution is 0.101. The Morgan fingerprint density at radius 1 is 1.34 bits per heavy atom. The average Bonchev–Trinajstić information content (AvgIpc) is 3.52. The predicted molar refractivity (Wildman–Crippen MR) is 116 cm³/mol. The molecule has 4 aromatic heterocycles. The first-order valence-electron chi connectivity index (χ1n) is 10.1. The Kier molecular flexibility index (Phi) is 5.08. The summed E-state index contributed by atoms with van der Waals surface area (Å²) in [5.74, 6) is 0.247. The number of hydrogen-bond donors (Lipinski definition) is 1. The van der Waals surface area contributed by atoms with Crippen LogP contribution in [-0.4, -0.2) is 47.9 Å². The highest BCUT2D eigenvalue weighted by molar-refractivity contribution is 7.13. The van der Waals surface area contributed by atoms with Crippen molar-refractivity contribution in [3.05, 3.63) is 41.3 Å². The lowest BCUT2D eigenvalue weighted by Gasteiger charge is -2.18. The maximum Gasteiger partial charge on any atom is 0.281 e. The fourth-order valence-electron chi connectivity index (χ4n) is 3.86. The van der Waals surface area contributed by atoms with Crippen molar-refractivity contribution in [3.63, 3.8) is 0 Å². The minimum atomic E-state index is -2.67. The highest BCUT2D eigenvalue weighted by Gasteiger charge is 2.25. The van der Waals surface area contributed by atoms with E-state index in [9.17, 15) is 13.6 Å². The average molecular weight is 458 g/mol. The Hall–Kier alpha value is -3.41. The van der Waals surface area contributed by atoms with Gasteiger partial charge in [-0.15, -0.1) is 16.4 Å². The van der Waals surface area contributed by atoms with Gasteiger partial charge in [-0.25, -0.2) is 18.3 Å². The zero-order valence-corrected chi connectivity index (χ0v) is 18.2. The first kappa shape index (κ1) is 20.5. The molecule has 0 bridgehead atoms. The number of amides is 1. The molecule has 1 aliphatic rings. The SMILES string of the molecule is CC1CCCN1c1nc2cc(NC(=O)c3c(-c4nc(C(F)F)cs4)cnn3C)ccn2n1. The van der Waals surface area contributed by atoms with Crippen molar-refractivity contribution in [1.29, 1.82) is 0 Å². The van der Waals surface area contributed by atoms with E-state index in [-0.39, 0.29) is 11.4 Å². The van der Waals surface area contributed by atoms with Crippen LogP contribution in [0.5, 0.6) is 0 Å². The third-order valence-electron chi connectivity index (χ3n) is 5.52. The summed E-state index contributed by atoms with van der Waals surface area (Å²) in [7, 11) is 1.62. The number of fused-ring (bicyclic) bond motifs is 1. The van der Waals surface area contributed by atoms with Gasteiger partial charge in [0.1, 0.15) is 16.4 Å². The molecular formula is C20H20F2N8OS. The molecule has 1 aliphatic heterocycles. The van der Waals surface area contributed by atoms with Crippen molar-refractivity contribution in [1.82, 2.24) is 29.4 Å². The number of carbonyl (C=O) groups excluding carboxylic acids is 1. The standard InChI is InChI=1S/C20H20F2N8OS/c1-11-4-3-6-29(11)20-26-15-8-12(5-7-30(15)27-20)24-18(31)16-13(9-23-28(16)2)19-25-14(10-32-19)17(21)22/h5,7-11,17H,3-4,6H2,1-2H3,(H,24,31). The molecule has 166 valence electrons. The lowest BCUT2D eigenvalue weighted by Crippen LogP contribution is -2.27. The zero-order chi connectivity index (χ0) is 22.4. The molecule has 0 saturated carbocycles. The summed E-state index contributed by atoms with van der Waals surface area (Å²) in [6, 6.07) is 3.86. The van der Waals surface area contributed by atoms with E-state index in [1.165, 1.54) is 16.3 Å². The molecule has 1 saturated heterocycles. The van der Waals surface area contributed by atoms with Gasteiger partial charge in [-0.2, -0.15) is 10.1 Å². The van der Waals surface area contributed by atoms with E-state index in [4.69, 9.17) is 0 Å². The van der Waals surface area contributed by atoms with Crippen LogP contribution in [0.25, 0.3) is 16.2 Å². The normalized spacial score (nSPS) is 16.4. The van der Waals surface area contributed by atoms with Gasteiger partial charge in [0.15, 0.2) is 5.65 Å². The van der Waals surface area contributed by atoms with Crippen molar-refractivity contribution in [2.45, 2.75) is 32.2 Å². The Labute approximate surface area is 185 Å². The smallest absolute Gasteiger partial charge is 0.281 e. The molecule has 0 aliphatic carbocycles. The molecule has 4 aromatic rings. The van der Waals surface area contributed by atoms with Gasteiger partial charge in [0.25, 0.3) is 12.3 Å². The highest BCUT2D eigenvalue weighted by atomic mass is 32.1. The van der Waals surface area contributed by atoms with Crippen LogP contribution < -0.4 is 10.2 Å². The number of nitrogens with one attached hydrogen (secondary N) is 1. The summed E-state index contributed by atoms with van der Waals surface area (Å²) in [5.41, 5.74) is 1.46. The largest absolute Gasteiger partial charge is 0.337 e. The first-order valence-corrected chi connectivity index (χ1v) is 11.0. The van der Waals surface area contributed by atoms with E-state index in [2.05, 4.69) is 37.3 Å². The second-order valence-corrected chi connectivity index (χ2v) is 8.54. The van der Waals surface area contributed by atoms with E-state index in [0.717, 1.165) is 30.7 Å². The molecular weight excluding hydrogens is 438 g/mol. The van der Waals surface area contributed by atoms with Gasteiger partial charge in [-0.1, -0.05) is 0 Å². The van der Waals surface area contributed by atoms with E-state index in [0.29, 0.717) is 33.9 Å². The number of aromatic nitrogens is 6. The second-order valence-electron chi connectivity index (χ2n) is 7.68. The number of thiazole rings is 1. The van der Waals surface area contributed by atoms with Crippen molar-refractivity contribution in [3.8, 4) is 10.6 Å². The number of nitrogens with zero attached hydrogens (tertiary/aromatic N) is 7. The lowest BCUT2D eigenvalue weighted by atomic mass is 10.2. The molecule has 0 radical (unpaired) electrons. The summed E-state index contributed by atoms with van der Waals surface area (Å²) in [6.45, 7) is 3.08. The third-order valence-corrected chi connectivity index (χ3v) is 6.42. The number of alkyl halides is 2.